The number of phosphoric ester groups is 2. The zero-order chi connectivity index (χ0) is 22.0. The summed E-state index contributed by atoms with van der Waals surface area (Å²) in [5.41, 5.74) is 0. The van der Waals surface area contributed by atoms with Gasteiger partial charge in [-0.15, -0.1) is 0 Å². The minimum absolute atomic E-state index is 0.0824. The Morgan fingerprint density at radius 1 is 0.862 bits per heavy atom. The fourth-order valence-electron chi connectivity index (χ4n) is 3.03. The lowest BCUT2D eigenvalue weighted by Crippen LogP contribution is -2.35. The Morgan fingerprint density at radius 3 is 1.76 bits per heavy atom. The van der Waals surface area contributed by atoms with Crippen molar-refractivity contribution >= 4 is 15.6 Å². The standard InChI is InChI=1S/C14H26F2O11P2/c1-7-11(15)13(9(24-7)5-21-3)27-29(19,20)23-6-10-14(12(16)8(2)25-10)26-28(17,18)22-4/h7-14H,5-6H2,1-4H3,(H,17,18)(H,19,20)/t7-,8-,9+,10+,11?,12?,13-,14-/m0/s1. The van der Waals surface area contributed by atoms with Crippen LogP contribution in [0.2, 0.25) is 0 Å². The lowest BCUT2D eigenvalue weighted by molar-refractivity contribution is -0.0410. The second-order valence-corrected chi connectivity index (χ2v) is 9.58. The predicted molar refractivity (Wildman–Crippen MR) is 92.7 cm³/mol. The van der Waals surface area contributed by atoms with Crippen LogP contribution < -0.4 is 0 Å². The highest BCUT2D eigenvalue weighted by atomic mass is 31.2. The van der Waals surface area contributed by atoms with Crippen molar-refractivity contribution in [3.63, 3.8) is 0 Å². The van der Waals surface area contributed by atoms with E-state index in [9.17, 15) is 27.7 Å². The summed E-state index contributed by atoms with van der Waals surface area (Å²) in [6.07, 6.45) is -10.8. The maximum Gasteiger partial charge on any atom is 0.472 e. The largest absolute Gasteiger partial charge is 0.472 e. The van der Waals surface area contributed by atoms with E-state index in [1.165, 1.54) is 21.0 Å². The number of halogens is 2. The van der Waals surface area contributed by atoms with E-state index in [-0.39, 0.29) is 6.61 Å². The Hall–Kier alpha value is -0.0400. The summed E-state index contributed by atoms with van der Waals surface area (Å²) >= 11 is 0. The van der Waals surface area contributed by atoms with Crippen LogP contribution in [0.25, 0.3) is 0 Å². The Morgan fingerprint density at radius 2 is 1.31 bits per heavy atom. The van der Waals surface area contributed by atoms with E-state index in [4.69, 9.17) is 27.8 Å². The molecule has 11 nitrogen and oxygen atoms in total. The smallest absolute Gasteiger partial charge is 0.382 e. The summed E-state index contributed by atoms with van der Waals surface area (Å²) in [6.45, 7) is 1.95. The van der Waals surface area contributed by atoms with Crippen LogP contribution in [0, 0.1) is 0 Å². The molecular weight excluding hydrogens is 444 g/mol. The van der Waals surface area contributed by atoms with Crippen LogP contribution in [0.4, 0.5) is 8.78 Å². The molecule has 2 unspecified atom stereocenters. The molecule has 0 saturated carbocycles. The molecule has 0 aromatic heterocycles. The van der Waals surface area contributed by atoms with Gasteiger partial charge in [-0.3, -0.25) is 18.1 Å². The molecule has 15 heteroatoms. The van der Waals surface area contributed by atoms with Gasteiger partial charge >= 0.3 is 15.6 Å². The summed E-state index contributed by atoms with van der Waals surface area (Å²) < 4.78 is 86.4. The molecule has 2 N–H and O–H groups in total. The van der Waals surface area contributed by atoms with Gasteiger partial charge in [0, 0.05) is 14.2 Å². The van der Waals surface area contributed by atoms with Crippen molar-refractivity contribution in [1.82, 2.24) is 0 Å². The van der Waals surface area contributed by atoms with Crippen LogP contribution in [-0.4, -0.2) is 86.2 Å². The summed E-state index contributed by atoms with van der Waals surface area (Å²) in [7, 11) is -7.16. The van der Waals surface area contributed by atoms with E-state index in [2.05, 4.69) is 4.52 Å². The third-order valence-electron chi connectivity index (χ3n) is 4.51. The number of phosphoric acid groups is 2. The molecule has 0 radical (unpaired) electrons. The monoisotopic (exact) mass is 470 g/mol. The summed E-state index contributed by atoms with van der Waals surface area (Å²) in [5.74, 6) is 0. The molecule has 2 aliphatic rings. The molecule has 0 aliphatic carbocycles. The van der Waals surface area contributed by atoms with Crippen molar-refractivity contribution in [3.8, 4) is 0 Å². The van der Waals surface area contributed by atoms with Crippen molar-refractivity contribution < 1.29 is 60.0 Å². The van der Waals surface area contributed by atoms with E-state index in [1.54, 1.807) is 0 Å². The van der Waals surface area contributed by atoms with Gasteiger partial charge in [-0.25, -0.2) is 17.9 Å². The molecule has 2 aliphatic heterocycles. The molecule has 29 heavy (non-hydrogen) atoms. The first-order valence-electron chi connectivity index (χ1n) is 8.71. The fourth-order valence-corrected chi connectivity index (χ4v) is 4.64. The van der Waals surface area contributed by atoms with Crippen LogP contribution in [0.3, 0.4) is 0 Å². The van der Waals surface area contributed by atoms with Gasteiger partial charge in [0.2, 0.25) is 0 Å². The SMILES string of the molecule is COC[C@H]1O[C@@H](C)C(F)[C@H]1O[P@@](=O)(O)OC[C@H]1O[C@@H](C)C(F)[C@H]1O[P@@](=O)(O)OC. The van der Waals surface area contributed by atoms with E-state index in [0.717, 1.165) is 7.11 Å². The molecule has 0 bridgehead atoms. The number of alkyl halides is 2. The third-order valence-corrected chi connectivity index (χ3v) is 6.47. The maximum atomic E-state index is 14.3. The molecule has 2 rings (SSSR count). The van der Waals surface area contributed by atoms with Crippen LogP contribution in [0.1, 0.15) is 13.8 Å². The third kappa shape index (κ3) is 6.47. The molecule has 0 spiro atoms. The molecule has 0 amide bonds. The number of methoxy groups -OCH3 is 1. The normalized spacial score (nSPS) is 41.9. The van der Waals surface area contributed by atoms with Gasteiger partial charge in [-0.05, 0) is 13.8 Å². The summed E-state index contributed by atoms with van der Waals surface area (Å²) in [5, 5.41) is 0. The first-order chi connectivity index (χ1) is 13.4. The Labute approximate surface area is 166 Å². The Kier molecular flexibility index (Phi) is 8.74. The number of ether oxygens (including phenoxy) is 3. The lowest BCUT2D eigenvalue weighted by Gasteiger charge is -2.24. The second kappa shape index (κ2) is 10.1. The lowest BCUT2D eigenvalue weighted by atomic mass is 10.1. The highest BCUT2D eigenvalue weighted by molar-refractivity contribution is 7.47. The molecular formula is C14H26F2O11P2. The van der Waals surface area contributed by atoms with Gasteiger partial charge in [0.05, 0.1) is 25.4 Å². The molecule has 10 atom stereocenters. The van der Waals surface area contributed by atoms with Crippen molar-refractivity contribution in [3.05, 3.63) is 0 Å². The van der Waals surface area contributed by atoms with Gasteiger partial charge in [-0.2, -0.15) is 0 Å². The minimum atomic E-state index is -4.84. The van der Waals surface area contributed by atoms with Crippen LogP contribution in [0.15, 0.2) is 0 Å². The summed E-state index contributed by atoms with van der Waals surface area (Å²) in [6, 6.07) is 0. The molecule has 0 aromatic carbocycles. The maximum absolute atomic E-state index is 14.3. The van der Waals surface area contributed by atoms with Gasteiger partial charge in [0.1, 0.15) is 24.4 Å². The minimum Gasteiger partial charge on any atom is -0.382 e. The van der Waals surface area contributed by atoms with Crippen LogP contribution in [-0.2, 0) is 41.4 Å². The van der Waals surface area contributed by atoms with Crippen molar-refractivity contribution in [2.75, 3.05) is 27.4 Å². The zero-order valence-corrected chi connectivity index (χ0v) is 18.0. The number of rotatable bonds is 10. The highest BCUT2D eigenvalue weighted by Gasteiger charge is 2.50. The van der Waals surface area contributed by atoms with Crippen molar-refractivity contribution in [2.45, 2.75) is 62.8 Å². The fraction of sp³-hybridized carbons (Fsp3) is 1.00. The quantitative estimate of drug-likeness (QED) is 0.449. The second-order valence-electron chi connectivity index (χ2n) is 6.66. The zero-order valence-electron chi connectivity index (χ0n) is 16.3. The molecule has 172 valence electrons. The molecule has 2 saturated heterocycles. The first kappa shape index (κ1) is 25.2. The van der Waals surface area contributed by atoms with Gasteiger partial charge < -0.3 is 24.0 Å². The number of hydrogen-bond acceptors (Lipinski definition) is 9. The Balaban J connectivity index is 2.00. The molecule has 2 heterocycles. The van der Waals surface area contributed by atoms with Crippen molar-refractivity contribution in [2.24, 2.45) is 0 Å². The van der Waals surface area contributed by atoms with E-state index >= 15 is 0 Å². The van der Waals surface area contributed by atoms with Crippen molar-refractivity contribution in [1.29, 1.82) is 0 Å². The average molecular weight is 470 g/mol. The van der Waals surface area contributed by atoms with Crippen LogP contribution >= 0.6 is 15.6 Å². The number of hydrogen-bond donors (Lipinski definition) is 2. The first-order valence-corrected chi connectivity index (χ1v) is 11.7. The topological polar surface area (TPSA) is 139 Å². The van der Waals surface area contributed by atoms with E-state index in [0.29, 0.717) is 0 Å². The van der Waals surface area contributed by atoms with Gasteiger partial charge in [0.15, 0.2) is 12.3 Å². The molecule has 2 fully saturated rings. The van der Waals surface area contributed by atoms with Gasteiger partial charge in [-0.1, -0.05) is 0 Å². The average Bonchev–Trinajstić information content (AvgIpc) is 3.05. The van der Waals surface area contributed by atoms with E-state index in [1.807, 2.05) is 0 Å². The highest BCUT2D eigenvalue weighted by Crippen LogP contribution is 2.50. The van der Waals surface area contributed by atoms with Crippen LogP contribution in [0.5, 0.6) is 0 Å². The van der Waals surface area contributed by atoms with Gasteiger partial charge in [0.25, 0.3) is 0 Å². The molecule has 0 aromatic rings. The summed E-state index contributed by atoms with van der Waals surface area (Å²) in [4.78, 5) is 19.4. The van der Waals surface area contributed by atoms with E-state index < -0.39 is 71.2 Å². The Bertz CT molecular complexity index is 641. The predicted octanol–water partition coefficient (Wildman–Crippen LogP) is 1.52.